The molecule has 2 amide bonds. The normalized spacial score (nSPS) is 20.6. The Hall–Kier alpha value is -3.34. The third kappa shape index (κ3) is 3.62. The van der Waals surface area contributed by atoms with Crippen LogP contribution in [0.4, 0.5) is 18.0 Å². The van der Waals surface area contributed by atoms with Crippen LogP contribution >= 0.6 is 11.8 Å². The van der Waals surface area contributed by atoms with E-state index >= 15 is 0 Å². The molecule has 0 bridgehead atoms. The van der Waals surface area contributed by atoms with E-state index < -0.39 is 17.1 Å². The number of aromatic nitrogens is 2. The van der Waals surface area contributed by atoms with Crippen LogP contribution in [0.2, 0.25) is 0 Å². The van der Waals surface area contributed by atoms with Gasteiger partial charge in [-0.15, -0.1) is 10.2 Å². The first kappa shape index (κ1) is 20.6. The molecule has 3 heterocycles. The Morgan fingerprint density at radius 2 is 1.88 bits per heavy atom. The molecule has 1 aromatic heterocycles. The zero-order valence-electron chi connectivity index (χ0n) is 16.2. The number of thioether (sulfide) groups is 1. The summed E-state index contributed by atoms with van der Waals surface area (Å²) in [5, 5.41) is 8.42. The summed E-state index contributed by atoms with van der Waals surface area (Å²) in [5.41, 5.74) is -0.326. The molecule has 0 spiro atoms. The summed E-state index contributed by atoms with van der Waals surface area (Å²) in [4.78, 5) is 23.7. The van der Waals surface area contributed by atoms with Crippen molar-refractivity contribution in [2.45, 2.75) is 23.8 Å². The second-order valence-corrected chi connectivity index (χ2v) is 8.37. The molecule has 1 saturated heterocycles. The number of rotatable bonds is 3. The zero-order valence-corrected chi connectivity index (χ0v) is 17.0. The van der Waals surface area contributed by atoms with E-state index in [0.29, 0.717) is 24.5 Å². The van der Waals surface area contributed by atoms with Crippen molar-refractivity contribution in [1.82, 2.24) is 15.5 Å². The highest BCUT2D eigenvalue weighted by Gasteiger charge is 2.41. The SMILES string of the molecule is O=C1NC(=O)C([C@@H]2CCOc3cc(Oc4nnc(C(F)(F)F)c5ccccc45)ccc32)S1. The number of amides is 2. The van der Waals surface area contributed by atoms with Crippen LogP contribution in [0.1, 0.15) is 23.6 Å². The van der Waals surface area contributed by atoms with Crippen molar-refractivity contribution in [2.24, 2.45) is 0 Å². The van der Waals surface area contributed by atoms with E-state index in [9.17, 15) is 22.8 Å². The van der Waals surface area contributed by atoms with Gasteiger partial charge in [0.2, 0.25) is 11.8 Å². The van der Waals surface area contributed by atoms with Gasteiger partial charge in [0.15, 0.2) is 5.69 Å². The quantitative estimate of drug-likeness (QED) is 0.607. The minimum Gasteiger partial charge on any atom is -0.493 e. The number of hydrogen-bond donors (Lipinski definition) is 1. The van der Waals surface area contributed by atoms with Crippen molar-refractivity contribution in [3.63, 3.8) is 0 Å². The highest BCUT2D eigenvalue weighted by Crippen LogP contribution is 2.44. The summed E-state index contributed by atoms with van der Waals surface area (Å²) < 4.78 is 51.3. The van der Waals surface area contributed by atoms with Crippen molar-refractivity contribution < 1.29 is 32.2 Å². The van der Waals surface area contributed by atoms with Gasteiger partial charge in [-0.05, 0) is 24.1 Å². The van der Waals surface area contributed by atoms with Crippen LogP contribution in [0.5, 0.6) is 17.4 Å². The molecule has 7 nitrogen and oxygen atoms in total. The van der Waals surface area contributed by atoms with Crippen LogP contribution in [0.15, 0.2) is 42.5 Å². The molecule has 2 aliphatic heterocycles. The molecule has 1 unspecified atom stereocenters. The number of carbonyl (C=O) groups excluding carboxylic acids is 2. The first-order valence-electron chi connectivity index (χ1n) is 9.60. The number of ether oxygens (including phenoxy) is 2. The molecule has 0 aliphatic carbocycles. The topological polar surface area (TPSA) is 90.4 Å². The number of hydrogen-bond acceptors (Lipinski definition) is 7. The molecule has 3 aromatic rings. The summed E-state index contributed by atoms with van der Waals surface area (Å²) >= 11 is 0.959. The van der Waals surface area contributed by atoms with Crippen LogP contribution in [0, 0.1) is 0 Å². The van der Waals surface area contributed by atoms with Crippen molar-refractivity contribution in [1.29, 1.82) is 0 Å². The minimum absolute atomic E-state index is 0.0720. The van der Waals surface area contributed by atoms with Gasteiger partial charge in [0.25, 0.3) is 5.24 Å². The molecule has 2 aromatic carbocycles. The monoisotopic (exact) mass is 461 g/mol. The fraction of sp³-hybridized carbons (Fsp3) is 0.238. The third-order valence-electron chi connectivity index (χ3n) is 5.29. The molecule has 0 radical (unpaired) electrons. The van der Waals surface area contributed by atoms with E-state index in [-0.39, 0.29) is 33.7 Å². The predicted molar refractivity (Wildman–Crippen MR) is 109 cm³/mol. The predicted octanol–water partition coefficient (Wildman–Crippen LogP) is 4.66. The molecular weight excluding hydrogens is 447 g/mol. The Bertz CT molecular complexity index is 1250. The Morgan fingerprint density at radius 1 is 1.09 bits per heavy atom. The fourth-order valence-electron chi connectivity index (χ4n) is 3.89. The number of carbonyl (C=O) groups is 2. The molecule has 0 saturated carbocycles. The van der Waals surface area contributed by atoms with Crippen LogP contribution in [0.25, 0.3) is 10.8 Å². The lowest BCUT2D eigenvalue weighted by atomic mass is 9.89. The molecule has 1 N–H and O–H groups in total. The van der Waals surface area contributed by atoms with Gasteiger partial charge < -0.3 is 9.47 Å². The van der Waals surface area contributed by atoms with Crippen molar-refractivity contribution >= 4 is 33.7 Å². The van der Waals surface area contributed by atoms with Gasteiger partial charge >= 0.3 is 6.18 Å². The fourth-order valence-corrected chi connectivity index (χ4v) is 4.89. The zero-order chi connectivity index (χ0) is 22.5. The summed E-state index contributed by atoms with van der Waals surface area (Å²) in [5.74, 6) is 0.164. The number of fused-ring (bicyclic) bond motifs is 2. The number of alkyl halides is 3. The van der Waals surface area contributed by atoms with E-state index in [2.05, 4.69) is 15.5 Å². The standard InChI is InChI=1S/C21H14F3N3O4S/c22-21(23,24)17-13-3-1-2-4-14(13)19(27-26-17)31-10-5-6-11-12(7-8-30-15(11)9-10)16-18(28)25-20(29)32-16/h1-6,9,12,16H,7-8H2,(H,25,28,29)/t12-,16?/m1/s1. The maximum atomic E-state index is 13.3. The lowest BCUT2D eigenvalue weighted by Crippen LogP contribution is -2.31. The van der Waals surface area contributed by atoms with Gasteiger partial charge in [-0.3, -0.25) is 14.9 Å². The third-order valence-corrected chi connectivity index (χ3v) is 6.40. The Labute approximate surface area is 183 Å². The first-order valence-corrected chi connectivity index (χ1v) is 10.5. The average molecular weight is 461 g/mol. The van der Waals surface area contributed by atoms with Crippen molar-refractivity contribution in [3.05, 3.63) is 53.7 Å². The molecular formula is C21H14F3N3O4S. The second kappa shape index (κ2) is 7.66. The van der Waals surface area contributed by atoms with Gasteiger partial charge in [0.05, 0.1) is 6.61 Å². The molecule has 164 valence electrons. The molecule has 1 fully saturated rings. The van der Waals surface area contributed by atoms with Gasteiger partial charge in [0, 0.05) is 22.8 Å². The van der Waals surface area contributed by atoms with Gasteiger partial charge in [-0.25, -0.2) is 0 Å². The average Bonchev–Trinajstić information content (AvgIpc) is 3.10. The van der Waals surface area contributed by atoms with Crippen molar-refractivity contribution in [3.8, 4) is 17.4 Å². The summed E-state index contributed by atoms with van der Waals surface area (Å²) in [6.07, 6.45) is -4.08. The molecule has 5 rings (SSSR count). The van der Waals surface area contributed by atoms with Crippen LogP contribution in [0.3, 0.4) is 0 Å². The molecule has 11 heteroatoms. The number of halogens is 3. The van der Waals surface area contributed by atoms with Gasteiger partial charge in [-0.2, -0.15) is 13.2 Å². The van der Waals surface area contributed by atoms with Crippen LogP contribution < -0.4 is 14.8 Å². The smallest absolute Gasteiger partial charge is 0.435 e. The highest BCUT2D eigenvalue weighted by atomic mass is 32.2. The van der Waals surface area contributed by atoms with Crippen LogP contribution in [-0.4, -0.2) is 33.2 Å². The van der Waals surface area contributed by atoms with E-state index in [4.69, 9.17) is 9.47 Å². The Morgan fingerprint density at radius 3 is 2.59 bits per heavy atom. The number of nitrogens with one attached hydrogen (secondary N) is 1. The van der Waals surface area contributed by atoms with E-state index in [1.54, 1.807) is 24.3 Å². The lowest BCUT2D eigenvalue weighted by molar-refractivity contribution is -0.140. The number of nitrogens with zero attached hydrogens (tertiary/aromatic N) is 2. The second-order valence-electron chi connectivity index (χ2n) is 7.26. The van der Waals surface area contributed by atoms with Crippen molar-refractivity contribution in [2.75, 3.05) is 6.61 Å². The maximum Gasteiger partial charge on any atom is 0.435 e. The molecule has 2 atom stereocenters. The summed E-state index contributed by atoms with van der Waals surface area (Å²) in [6.45, 7) is 0.350. The summed E-state index contributed by atoms with van der Waals surface area (Å²) in [7, 11) is 0. The number of benzene rings is 2. The van der Waals surface area contributed by atoms with Crippen LogP contribution in [-0.2, 0) is 11.0 Å². The Balaban J connectivity index is 1.47. The lowest BCUT2D eigenvalue weighted by Gasteiger charge is -2.28. The van der Waals surface area contributed by atoms with E-state index in [1.165, 1.54) is 18.2 Å². The Kier molecular flexibility index (Phi) is 4.92. The summed E-state index contributed by atoms with van der Waals surface area (Å²) in [6, 6.07) is 10.8. The first-order chi connectivity index (χ1) is 15.3. The highest BCUT2D eigenvalue weighted by molar-refractivity contribution is 8.15. The van der Waals surface area contributed by atoms with E-state index in [1.807, 2.05) is 0 Å². The molecule has 32 heavy (non-hydrogen) atoms. The maximum absolute atomic E-state index is 13.3. The van der Waals surface area contributed by atoms with Gasteiger partial charge in [0.1, 0.15) is 16.7 Å². The van der Waals surface area contributed by atoms with Gasteiger partial charge in [-0.1, -0.05) is 36.0 Å². The number of imide groups is 1. The largest absolute Gasteiger partial charge is 0.493 e. The van der Waals surface area contributed by atoms with E-state index in [0.717, 1.165) is 17.3 Å². The molecule has 2 aliphatic rings. The minimum atomic E-state index is -4.65.